The van der Waals surface area contributed by atoms with Gasteiger partial charge in [-0.25, -0.2) is 4.98 Å². The lowest BCUT2D eigenvalue weighted by Gasteiger charge is -2.07. The maximum atomic E-state index is 6.12. The van der Waals surface area contributed by atoms with Crippen molar-refractivity contribution in [2.24, 2.45) is 0 Å². The smallest absolute Gasteiger partial charge is 0.113 e. The number of nitrogens with two attached hydrogens (primary N) is 1. The van der Waals surface area contributed by atoms with Gasteiger partial charge in [0.25, 0.3) is 0 Å². The van der Waals surface area contributed by atoms with Gasteiger partial charge in [-0.15, -0.1) is 11.3 Å². The lowest BCUT2D eigenvalue weighted by atomic mass is 10.0. The van der Waals surface area contributed by atoms with Crippen LogP contribution in [0.25, 0.3) is 21.8 Å². The molecule has 0 fully saturated rings. The van der Waals surface area contributed by atoms with Gasteiger partial charge in [0.2, 0.25) is 0 Å². The minimum absolute atomic E-state index is 0.672. The van der Waals surface area contributed by atoms with E-state index in [0.29, 0.717) is 5.69 Å². The zero-order valence-corrected chi connectivity index (χ0v) is 13.7. The predicted octanol–water partition coefficient (Wildman–Crippen LogP) is 4.72. The van der Waals surface area contributed by atoms with Crippen molar-refractivity contribution in [1.29, 1.82) is 0 Å². The summed E-state index contributed by atoms with van der Waals surface area (Å²) in [5.41, 5.74) is 10.9. The zero-order valence-electron chi connectivity index (χ0n) is 12.8. The Bertz CT molecular complexity index is 730. The van der Waals surface area contributed by atoms with Crippen molar-refractivity contribution in [3.8, 4) is 21.8 Å². The Labute approximate surface area is 134 Å². The number of hydrogen-bond acceptors (Lipinski definition) is 4. The van der Waals surface area contributed by atoms with E-state index in [2.05, 4.69) is 43.1 Å². The molecule has 22 heavy (non-hydrogen) atoms. The third-order valence-corrected chi connectivity index (χ3v) is 4.74. The predicted molar refractivity (Wildman–Crippen MR) is 93.9 cm³/mol. The number of aryl methyl sites for hydroxylation is 2. The van der Waals surface area contributed by atoms with Crippen LogP contribution in [0.15, 0.2) is 42.6 Å². The number of nitrogens with zero attached hydrogens (tertiary/aromatic N) is 2. The molecule has 1 aromatic carbocycles. The molecule has 3 rings (SSSR count). The van der Waals surface area contributed by atoms with E-state index in [1.54, 1.807) is 17.5 Å². The Morgan fingerprint density at radius 2 is 1.91 bits per heavy atom. The molecular weight excluding hydrogens is 290 g/mol. The van der Waals surface area contributed by atoms with Crippen molar-refractivity contribution < 1.29 is 0 Å². The van der Waals surface area contributed by atoms with Gasteiger partial charge in [-0.05, 0) is 43.0 Å². The summed E-state index contributed by atoms with van der Waals surface area (Å²) in [4.78, 5) is 10.4. The quantitative estimate of drug-likeness (QED) is 0.759. The third-order valence-electron chi connectivity index (χ3n) is 3.59. The first-order valence-corrected chi connectivity index (χ1v) is 8.29. The van der Waals surface area contributed by atoms with Crippen molar-refractivity contribution >= 4 is 17.0 Å². The number of nitrogen functional groups attached to an aromatic ring is 1. The van der Waals surface area contributed by atoms with Crippen LogP contribution in [0.2, 0.25) is 0 Å². The van der Waals surface area contributed by atoms with Crippen molar-refractivity contribution in [1.82, 2.24) is 9.97 Å². The van der Waals surface area contributed by atoms with Crippen LogP contribution in [0.5, 0.6) is 0 Å². The number of pyridine rings is 1. The Balaban J connectivity index is 2.21. The monoisotopic (exact) mass is 309 g/mol. The lowest BCUT2D eigenvalue weighted by Crippen LogP contribution is -1.94. The second kappa shape index (κ2) is 6.28. The number of rotatable bonds is 4. The Morgan fingerprint density at radius 3 is 2.64 bits per heavy atom. The normalized spacial score (nSPS) is 10.8. The molecule has 0 saturated heterocycles. The summed E-state index contributed by atoms with van der Waals surface area (Å²) in [6, 6.07) is 12.1. The molecule has 0 spiro atoms. The van der Waals surface area contributed by atoms with Crippen LogP contribution < -0.4 is 5.73 Å². The van der Waals surface area contributed by atoms with Gasteiger partial charge in [0.15, 0.2) is 0 Å². The molecule has 0 aliphatic heterocycles. The van der Waals surface area contributed by atoms with Crippen LogP contribution in [0.3, 0.4) is 0 Å². The Morgan fingerprint density at radius 1 is 1.09 bits per heavy atom. The average Bonchev–Trinajstić information content (AvgIpc) is 2.92. The summed E-state index contributed by atoms with van der Waals surface area (Å²) in [5.74, 6) is 0. The summed E-state index contributed by atoms with van der Waals surface area (Å²) < 4.78 is 0. The van der Waals surface area contributed by atoms with Gasteiger partial charge in [0.1, 0.15) is 11.4 Å². The second-order valence-corrected chi connectivity index (χ2v) is 6.38. The fourth-order valence-electron chi connectivity index (χ4n) is 2.47. The van der Waals surface area contributed by atoms with Gasteiger partial charge in [-0.1, -0.05) is 31.2 Å². The topological polar surface area (TPSA) is 51.8 Å². The van der Waals surface area contributed by atoms with Gasteiger partial charge in [0, 0.05) is 6.20 Å². The minimum atomic E-state index is 0.672. The fourth-order valence-corrected chi connectivity index (χ4v) is 3.73. The first kappa shape index (κ1) is 14.7. The van der Waals surface area contributed by atoms with Gasteiger partial charge in [0.05, 0.1) is 15.6 Å². The van der Waals surface area contributed by atoms with Crippen LogP contribution in [0.1, 0.15) is 23.9 Å². The van der Waals surface area contributed by atoms with Gasteiger partial charge in [-0.3, -0.25) is 4.98 Å². The maximum Gasteiger partial charge on any atom is 0.113 e. The number of aromatic nitrogens is 2. The molecule has 3 aromatic rings. The molecule has 4 heteroatoms. The number of thiazole rings is 1. The highest BCUT2D eigenvalue weighted by molar-refractivity contribution is 7.15. The van der Waals surface area contributed by atoms with E-state index < -0.39 is 0 Å². The van der Waals surface area contributed by atoms with E-state index in [9.17, 15) is 0 Å². The summed E-state index contributed by atoms with van der Waals surface area (Å²) in [5, 5.41) is 1.14. The van der Waals surface area contributed by atoms with Gasteiger partial charge in [-0.2, -0.15) is 0 Å². The van der Waals surface area contributed by atoms with Crippen LogP contribution in [-0.4, -0.2) is 9.97 Å². The standard InChI is InChI=1S/C18H19N3S/c1-3-7-15-21-17(16-14(19)10-6-11-20-16)18(22-15)13-9-5-4-8-12(13)2/h4-6,8-11H,3,7,19H2,1-2H3. The Kier molecular flexibility index (Phi) is 4.20. The summed E-state index contributed by atoms with van der Waals surface area (Å²) >= 11 is 1.75. The molecule has 2 heterocycles. The van der Waals surface area contributed by atoms with Crippen molar-refractivity contribution in [2.75, 3.05) is 5.73 Å². The molecule has 0 aliphatic carbocycles. The molecular formula is C18H19N3S. The van der Waals surface area contributed by atoms with Gasteiger partial charge < -0.3 is 5.73 Å². The highest BCUT2D eigenvalue weighted by Gasteiger charge is 2.18. The summed E-state index contributed by atoms with van der Waals surface area (Å²) in [6.07, 6.45) is 3.83. The lowest BCUT2D eigenvalue weighted by molar-refractivity contribution is 0.909. The first-order chi connectivity index (χ1) is 10.7. The molecule has 0 unspecified atom stereocenters. The SMILES string of the molecule is CCCc1nc(-c2ncccc2N)c(-c2ccccc2C)s1. The molecule has 0 aliphatic rings. The molecule has 0 bridgehead atoms. The molecule has 0 atom stereocenters. The molecule has 0 saturated carbocycles. The highest BCUT2D eigenvalue weighted by atomic mass is 32.1. The van der Waals surface area contributed by atoms with E-state index in [0.717, 1.165) is 34.1 Å². The highest BCUT2D eigenvalue weighted by Crippen LogP contribution is 2.39. The van der Waals surface area contributed by atoms with Crippen molar-refractivity contribution in [2.45, 2.75) is 26.7 Å². The third kappa shape index (κ3) is 2.74. The summed E-state index contributed by atoms with van der Waals surface area (Å²) in [7, 11) is 0. The molecule has 0 radical (unpaired) electrons. The van der Waals surface area contributed by atoms with Gasteiger partial charge >= 0.3 is 0 Å². The number of anilines is 1. The number of hydrogen-bond donors (Lipinski definition) is 1. The Hall–Kier alpha value is -2.20. The number of benzene rings is 1. The zero-order chi connectivity index (χ0) is 15.5. The van der Waals surface area contributed by atoms with E-state index in [-0.39, 0.29) is 0 Å². The van der Waals surface area contributed by atoms with E-state index >= 15 is 0 Å². The fraction of sp³-hybridized carbons (Fsp3) is 0.222. The van der Waals surface area contributed by atoms with Crippen molar-refractivity contribution in [3.05, 3.63) is 53.2 Å². The molecule has 112 valence electrons. The average molecular weight is 309 g/mol. The molecule has 2 aromatic heterocycles. The molecule has 3 nitrogen and oxygen atoms in total. The van der Waals surface area contributed by atoms with Crippen LogP contribution in [-0.2, 0) is 6.42 Å². The van der Waals surface area contributed by atoms with E-state index in [1.807, 2.05) is 12.1 Å². The van der Waals surface area contributed by atoms with E-state index in [1.165, 1.54) is 11.1 Å². The van der Waals surface area contributed by atoms with Crippen LogP contribution in [0, 0.1) is 6.92 Å². The maximum absolute atomic E-state index is 6.12. The first-order valence-electron chi connectivity index (χ1n) is 7.47. The molecule has 0 amide bonds. The molecule has 2 N–H and O–H groups in total. The van der Waals surface area contributed by atoms with Crippen LogP contribution in [0.4, 0.5) is 5.69 Å². The summed E-state index contributed by atoms with van der Waals surface area (Å²) in [6.45, 7) is 4.30. The van der Waals surface area contributed by atoms with E-state index in [4.69, 9.17) is 10.7 Å². The second-order valence-electron chi connectivity index (χ2n) is 5.29. The van der Waals surface area contributed by atoms with Crippen molar-refractivity contribution in [3.63, 3.8) is 0 Å². The minimum Gasteiger partial charge on any atom is -0.397 e. The van der Waals surface area contributed by atoms with Crippen LogP contribution >= 0.6 is 11.3 Å². The largest absolute Gasteiger partial charge is 0.397 e.